The highest BCUT2D eigenvalue weighted by Gasteiger charge is 2.28. The Morgan fingerprint density at radius 3 is 2.83 bits per heavy atom. The minimum atomic E-state index is -2.90. The second kappa shape index (κ2) is 10.2. The SMILES string of the molecule is CCNC(=NCCc1cc(Cl)ccc1Br)NC1CCS(=O)(=O)C1.I. The number of rotatable bonds is 5. The molecule has 0 amide bonds. The molecule has 1 fully saturated rings. The molecule has 1 aromatic carbocycles. The van der Waals surface area contributed by atoms with Gasteiger partial charge in [0.15, 0.2) is 15.8 Å². The largest absolute Gasteiger partial charge is 0.357 e. The minimum absolute atomic E-state index is 0. The Balaban J connectivity index is 0.00000288. The van der Waals surface area contributed by atoms with Crippen molar-refractivity contribution in [3.05, 3.63) is 33.3 Å². The highest BCUT2D eigenvalue weighted by atomic mass is 127. The summed E-state index contributed by atoms with van der Waals surface area (Å²) in [6.45, 7) is 3.30. The topological polar surface area (TPSA) is 70.6 Å². The van der Waals surface area contributed by atoms with Gasteiger partial charge in [0.25, 0.3) is 0 Å². The third kappa shape index (κ3) is 7.05. The van der Waals surface area contributed by atoms with Crippen LogP contribution in [0.5, 0.6) is 0 Å². The summed E-state index contributed by atoms with van der Waals surface area (Å²) >= 11 is 9.52. The van der Waals surface area contributed by atoms with Crippen molar-refractivity contribution >= 4 is 67.3 Å². The lowest BCUT2D eigenvalue weighted by molar-refractivity contribution is 0.599. The van der Waals surface area contributed by atoms with Gasteiger partial charge in [-0.25, -0.2) is 8.42 Å². The normalized spacial score (nSPS) is 19.6. The van der Waals surface area contributed by atoms with Gasteiger partial charge in [0.05, 0.1) is 11.5 Å². The molecule has 1 aliphatic heterocycles. The fraction of sp³-hybridized carbons (Fsp3) is 0.533. The van der Waals surface area contributed by atoms with Crippen molar-refractivity contribution in [2.24, 2.45) is 4.99 Å². The average Bonchev–Trinajstić information content (AvgIpc) is 2.82. The second-order valence-electron chi connectivity index (χ2n) is 5.49. The fourth-order valence-electron chi connectivity index (χ4n) is 2.45. The van der Waals surface area contributed by atoms with E-state index in [9.17, 15) is 8.42 Å². The Bertz CT molecular complexity index is 685. The van der Waals surface area contributed by atoms with Gasteiger partial charge in [0, 0.05) is 28.6 Å². The van der Waals surface area contributed by atoms with E-state index in [2.05, 4.69) is 31.6 Å². The van der Waals surface area contributed by atoms with Gasteiger partial charge in [-0.05, 0) is 43.5 Å². The predicted molar refractivity (Wildman–Crippen MR) is 114 cm³/mol. The first kappa shape index (κ1) is 22.0. The van der Waals surface area contributed by atoms with Crippen LogP contribution in [0.3, 0.4) is 0 Å². The van der Waals surface area contributed by atoms with Crippen LogP contribution < -0.4 is 10.6 Å². The van der Waals surface area contributed by atoms with E-state index in [0.29, 0.717) is 23.9 Å². The summed E-state index contributed by atoms with van der Waals surface area (Å²) in [5, 5.41) is 7.06. The third-order valence-electron chi connectivity index (χ3n) is 3.58. The first-order valence-electron chi connectivity index (χ1n) is 7.59. The van der Waals surface area contributed by atoms with Crippen LogP contribution in [0.25, 0.3) is 0 Å². The van der Waals surface area contributed by atoms with Crippen LogP contribution in [0, 0.1) is 0 Å². The molecule has 1 saturated heterocycles. The summed E-state index contributed by atoms with van der Waals surface area (Å²) in [5.74, 6) is 1.09. The molecule has 1 atom stereocenters. The number of halogens is 3. The van der Waals surface area contributed by atoms with Gasteiger partial charge in [-0.1, -0.05) is 27.5 Å². The molecule has 1 aliphatic rings. The van der Waals surface area contributed by atoms with Crippen LogP contribution in [-0.2, 0) is 16.3 Å². The molecule has 0 radical (unpaired) electrons. The molecule has 0 aromatic heterocycles. The van der Waals surface area contributed by atoms with E-state index in [0.717, 1.165) is 23.0 Å². The maximum Gasteiger partial charge on any atom is 0.191 e. The molecule has 0 aliphatic carbocycles. The molecule has 24 heavy (non-hydrogen) atoms. The van der Waals surface area contributed by atoms with Crippen molar-refractivity contribution in [1.82, 2.24) is 10.6 Å². The Kier molecular flexibility index (Phi) is 9.32. The molecule has 1 heterocycles. The van der Waals surface area contributed by atoms with E-state index in [1.807, 2.05) is 25.1 Å². The molecule has 2 N–H and O–H groups in total. The predicted octanol–water partition coefficient (Wildman–Crippen LogP) is 3.01. The Morgan fingerprint density at radius 2 is 2.21 bits per heavy atom. The van der Waals surface area contributed by atoms with Crippen LogP contribution >= 0.6 is 51.5 Å². The highest BCUT2D eigenvalue weighted by Crippen LogP contribution is 2.21. The molecule has 136 valence electrons. The summed E-state index contributed by atoms with van der Waals surface area (Å²) in [7, 11) is -2.90. The monoisotopic (exact) mass is 549 g/mol. The lowest BCUT2D eigenvalue weighted by atomic mass is 10.1. The molecule has 2 rings (SSSR count). The molecule has 1 unspecified atom stereocenters. The zero-order valence-corrected chi connectivity index (χ0v) is 18.9. The molecule has 5 nitrogen and oxygen atoms in total. The van der Waals surface area contributed by atoms with Crippen molar-refractivity contribution in [3.63, 3.8) is 0 Å². The number of guanidine groups is 1. The van der Waals surface area contributed by atoms with Crippen molar-refractivity contribution < 1.29 is 8.42 Å². The van der Waals surface area contributed by atoms with Crippen LogP contribution in [0.15, 0.2) is 27.7 Å². The number of benzene rings is 1. The maximum absolute atomic E-state index is 11.5. The lowest BCUT2D eigenvalue weighted by Crippen LogP contribution is -2.44. The van der Waals surface area contributed by atoms with Crippen LogP contribution in [-0.4, -0.2) is 45.0 Å². The number of aliphatic imine (C=N–C) groups is 1. The number of hydrogen-bond acceptors (Lipinski definition) is 3. The van der Waals surface area contributed by atoms with Gasteiger partial charge in [0.1, 0.15) is 0 Å². The van der Waals surface area contributed by atoms with Crippen molar-refractivity contribution in [2.75, 3.05) is 24.6 Å². The summed E-state index contributed by atoms with van der Waals surface area (Å²) in [6, 6.07) is 5.62. The lowest BCUT2D eigenvalue weighted by Gasteiger charge is -2.15. The Labute approximate surface area is 174 Å². The van der Waals surface area contributed by atoms with E-state index in [1.165, 1.54) is 0 Å². The second-order valence-corrected chi connectivity index (χ2v) is 9.01. The van der Waals surface area contributed by atoms with Gasteiger partial charge in [-0.15, -0.1) is 24.0 Å². The molecule has 0 spiro atoms. The van der Waals surface area contributed by atoms with E-state index in [4.69, 9.17) is 11.6 Å². The minimum Gasteiger partial charge on any atom is -0.357 e. The smallest absolute Gasteiger partial charge is 0.191 e. The van der Waals surface area contributed by atoms with Gasteiger partial charge >= 0.3 is 0 Å². The van der Waals surface area contributed by atoms with Gasteiger partial charge in [-0.2, -0.15) is 0 Å². The molecular weight excluding hydrogens is 529 g/mol. The molecule has 1 aromatic rings. The summed E-state index contributed by atoms with van der Waals surface area (Å²) in [5.41, 5.74) is 1.10. The molecular formula is C15H22BrClIN3O2S. The van der Waals surface area contributed by atoms with Gasteiger partial charge < -0.3 is 10.6 Å². The van der Waals surface area contributed by atoms with Crippen LogP contribution in [0.4, 0.5) is 0 Å². The Morgan fingerprint density at radius 1 is 1.46 bits per heavy atom. The Hall–Kier alpha value is -0.0600. The van der Waals surface area contributed by atoms with Crippen molar-refractivity contribution in [1.29, 1.82) is 0 Å². The summed E-state index contributed by atoms with van der Waals surface area (Å²) in [4.78, 5) is 4.53. The highest BCUT2D eigenvalue weighted by molar-refractivity contribution is 14.0. The summed E-state index contributed by atoms with van der Waals surface area (Å²) < 4.78 is 24.1. The van der Waals surface area contributed by atoms with E-state index >= 15 is 0 Å². The van der Waals surface area contributed by atoms with Crippen molar-refractivity contribution in [2.45, 2.75) is 25.8 Å². The standard InChI is InChI=1S/C15H21BrClN3O2S.HI/c1-2-18-15(20-13-6-8-23(21,22)10-13)19-7-5-11-9-12(17)3-4-14(11)16;/h3-4,9,13H,2,5-8,10H2,1H3,(H2,18,19,20);1H. The first-order chi connectivity index (χ1) is 10.9. The fourth-order valence-corrected chi connectivity index (χ4v) is 4.76. The van der Waals surface area contributed by atoms with Gasteiger partial charge in [0.2, 0.25) is 0 Å². The molecule has 0 saturated carbocycles. The van der Waals surface area contributed by atoms with Crippen LogP contribution in [0.1, 0.15) is 18.9 Å². The van der Waals surface area contributed by atoms with Crippen LogP contribution in [0.2, 0.25) is 5.02 Å². The first-order valence-corrected chi connectivity index (χ1v) is 10.6. The zero-order chi connectivity index (χ0) is 16.9. The average molecular weight is 551 g/mol. The quantitative estimate of drug-likeness (QED) is 0.336. The molecule has 9 heteroatoms. The van der Waals surface area contributed by atoms with E-state index in [-0.39, 0.29) is 41.5 Å². The third-order valence-corrected chi connectivity index (χ3v) is 6.35. The van der Waals surface area contributed by atoms with Gasteiger partial charge in [-0.3, -0.25) is 4.99 Å². The number of hydrogen-bond donors (Lipinski definition) is 2. The number of nitrogens with zero attached hydrogens (tertiary/aromatic N) is 1. The maximum atomic E-state index is 11.5. The van der Waals surface area contributed by atoms with Crippen molar-refractivity contribution in [3.8, 4) is 0 Å². The summed E-state index contributed by atoms with van der Waals surface area (Å²) in [6.07, 6.45) is 1.38. The molecule has 0 bridgehead atoms. The zero-order valence-electron chi connectivity index (χ0n) is 13.4. The number of sulfone groups is 1. The number of nitrogens with one attached hydrogen (secondary N) is 2. The van der Waals surface area contributed by atoms with E-state index in [1.54, 1.807) is 0 Å². The van der Waals surface area contributed by atoms with E-state index < -0.39 is 9.84 Å².